The molecule has 30 heavy (non-hydrogen) atoms. The van der Waals surface area contributed by atoms with Crippen LogP contribution in [0.25, 0.3) is 17.2 Å². The summed E-state index contributed by atoms with van der Waals surface area (Å²) in [5, 5.41) is 4.84. The zero-order chi connectivity index (χ0) is 21.3. The summed E-state index contributed by atoms with van der Waals surface area (Å²) in [6.45, 7) is 9.13. The molecule has 3 heterocycles. The van der Waals surface area contributed by atoms with Gasteiger partial charge in [-0.1, -0.05) is 13.8 Å². The highest BCUT2D eigenvalue weighted by atomic mass is 32.2. The molecule has 6 nitrogen and oxygen atoms in total. The third-order valence-electron chi connectivity index (χ3n) is 5.00. The first-order chi connectivity index (χ1) is 14.4. The van der Waals surface area contributed by atoms with Crippen molar-refractivity contribution in [1.29, 1.82) is 0 Å². The van der Waals surface area contributed by atoms with E-state index in [1.165, 1.54) is 4.90 Å². The van der Waals surface area contributed by atoms with Crippen molar-refractivity contribution >= 4 is 11.8 Å². The first-order valence-electron chi connectivity index (χ1n) is 10.2. The third-order valence-corrected chi connectivity index (χ3v) is 5.74. The topological polar surface area (TPSA) is 62.1 Å². The quantitative estimate of drug-likeness (QED) is 0.499. The SMILES string of the molecule is CSc1ccc(-n2nc(-c3ncccc3OC(C)C)nc2C2CC(C)(C)CO2)cc1. The monoisotopic (exact) mass is 424 g/mol. The molecule has 1 fully saturated rings. The Balaban J connectivity index is 1.80. The van der Waals surface area contributed by atoms with E-state index in [4.69, 9.17) is 19.6 Å². The molecule has 1 atom stereocenters. The van der Waals surface area contributed by atoms with Crippen LogP contribution in [0, 0.1) is 5.41 Å². The predicted octanol–water partition coefficient (Wildman–Crippen LogP) is 5.33. The van der Waals surface area contributed by atoms with E-state index in [2.05, 4.69) is 49.4 Å². The largest absolute Gasteiger partial charge is 0.489 e. The lowest BCUT2D eigenvalue weighted by molar-refractivity contribution is 0.0928. The molecule has 0 radical (unpaired) electrons. The van der Waals surface area contributed by atoms with Gasteiger partial charge in [-0.2, -0.15) is 0 Å². The van der Waals surface area contributed by atoms with Gasteiger partial charge in [-0.3, -0.25) is 0 Å². The van der Waals surface area contributed by atoms with E-state index in [0.29, 0.717) is 23.9 Å². The minimum atomic E-state index is -0.111. The Kier molecular flexibility index (Phi) is 5.84. The van der Waals surface area contributed by atoms with Crippen LogP contribution in [0.3, 0.4) is 0 Å². The van der Waals surface area contributed by atoms with Gasteiger partial charge in [0.25, 0.3) is 0 Å². The Hall–Kier alpha value is -2.38. The second-order valence-electron chi connectivity index (χ2n) is 8.59. The molecule has 2 aromatic heterocycles. The number of thioether (sulfide) groups is 1. The van der Waals surface area contributed by atoms with E-state index < -0.39 is 0 Å². The van der Waals surface area contributed by atoms with Gasteiger partial charge in [0, 0.05) is 11.1 Å². The van der Waals surface area contributed by atoms with E-state index in [-0.39, 0.29) is 17.6 Å². The highest BCUT2D eigenvalue weighted by Gasteiger charge is 2.36. The molecule has 1 saturated heterocycles. The van der Waals surface area contributed by atoms with Crippen molar-refractivity contribution in [3.63, 3.8) is 0 Å². The average Bonchev–Trinajstić information content (AvgIpc) is 3.31. The van der Waals surface area contributed by atoms with Gasteiger partial charge in [0.1, 0.15) is 11.9 Å². The standard InChI is InChI=1S/C23H28N4O2S/c1-15(2)29-18-7-6-12-24-20(18)21-25-22(19-13-23(3,4)14-28-19)27(26-21)16-8-10-17(30-5)11-9-16/h6-12,15,19H,13-14H2,1-5H3. The molecule has 1 aliphatic heterocycles. The van der Waals surface area contributed by atoms with Crippen molar-refractivity contribution in [2.24, 2.45) is 5.41 Å². The van der Waals surface area contributed by atoms with Crippen molar-refractivity contribution < 1.29 is 9.47 Å². The van der Waals surface area contributed by atoms with Gasteiger partial charge in [-0.15, -0.1) is 16.9 Å². The summed E-state index contributed by atoms with van der Waals surface area (Å²) < 4.78 is 14.0. The molecule has 4 rings (SSSR count). The van der Waals surface area contributed by atoms with E-state index in [1.54, 1.807) is 18.0 Å². The maximum Gasteiger partial charge on any atom is 0.204 e. The molecular weight excluding hydrogens is 396 g/mol. The van der Waals surface area contributed by atoms with Crippen molar-refractivity contribution in [2.45, 2.75) is 51.2 Å². The minimum Gasteiger partial charge on any atom is -0.489 e. The molecule has 0 amide bonds. The normalized spacial score (nSPS) is 18.1. The summed E-state index contributed by atoms with van der Waals surface area (Å²) in [7, 11) is 0. The van der Waals surface area contributed by atoms with Crippen LogP contribution in [0.15, 0.2) is 47.5 Å². The lowest BCUT2D eigenvalue weighted by atomic mass is 9.90. The summed E-state index contributed by atoms with van der Waals surface area (Å²) in [4.78, 5) is 10.6. The predicted molar refractivity (Wildman–Crippen MR) is 119 cm³/mol. The summed E-state index contributed by atoms with van der Waals surface area (Å²) in [6, 6.07) is 12.1. The lowest BCUT2D eigenvalue weighted by Gasteiger charge is -2.14. The highest BCUT2D eigenvalue weighted by molar-refractivity contribution is 7.98. The van der Waals surface area contributed by atoms with E-state index in [9.17, 15) is 0 Å². The lowest BCUT2D eigenvalue weighted by Crippen LogP contribution is -2.10. The zero-order valence-corrected chi connectivity index (χ0v) is 18.9. The van der Waals surface area contributed by atoms with Crippen LogP contribution >= 0.6 is 11.8 Å². The number of ether oxygens (including phenoxy) is 2. The molecule has 0 N–H and O–H groups in total. The molecule has 0 saturated carbocycles. The number of aromatic nitrogens is 4. The van der Waals surface area contributed by atoms with Gasteiger partial charge in [0.05, 0.1) is 18.4 Å². The van der Waals surface area contributed by atoms with Crippen LogP contribution < -0.4 is 4.74 Å². The summed E-state index contributed by atoms with van der Waals surface area (Å²) in [5.41, 5.74) is 1.71. The Labute approximate surface area is 182 Å². The second kappa shape index (κ2) is 8.40. The van der Waals surface area contributed by atoms with Crippen LogP contribution in [0.1, 0.15) is 46.0 Å². The maximum atomic E-state index is 6.13. The van der Waals surface area contributed by atoms with Crippen LogP contribution in [-0.2, 0) is 4.74 Å². The van der Waals surface area contributed by atoms with Crippen molar-refractivity contribution in [2.75, 3.05) is 12.9 Å². The third kappa shape index (κ3) is 4.37. The molecular formula is C23H28N4O2S. The fourth-order valence-corrected chi connectivity index (χ4v) is 3.97. The molecule has 158 valence electrons. The summed E-state index contributed by atoms with van der Waals surface area (Å²) in [5.74, 6) is 2.03. The molecule has 3 aromatic rings. The minimum absolute atomic E-state index is 0.0348. The fourth-order valence-electron chi connectivity index (χ4n) is 3.57. The summed E-state index contributed by atoms with van der Waals surface area (Å²) >= 11 is 1.72. The van der Waals surface area contributed by atoms with Crippen molar-refractivity contribution in [1.82, 2.24) is 19.7 Å². The Bertz CT molecular complexity index is 1010. The molecule has 0 bridgehead atoms. The number of benzene rings is 1. The van der Waals surface area contributed by atoms with E-state index in [1.807, 2.05) is 30.7 Å². The molecule has 0 aliphatic carbocycles. The first-order valence-corrected chi connectivity index (χ1v) is 11.4. The zero-order valence-electron chi connectivity index (χ0n) is 18.1. The fraction of sp³-hybridized carbons (Fsp3) is 0.435. The van der Waals surface area contributed by atoms with Gasteiger partial charge in [0.2, 0.25) is 5.82 Å². The van der Waals surface area contributed by atoms with Crippen LogP contribution in [0.2, 0.25) is 0 Å². The van der Waals surface area contributed by atoms with E-state index in [0.717, 1.165) is 17.9 Å². The number of hydrogen-bond donors (Lipinski definition) is 0. The number of rotatable bonds is 6. The Morgan fingerprint density at radius 3 is 2.60 bits per heavy atom. The highest BCUT2D eigenvalue weighted by Crippen LogP contribution is 2.41. The first kappa shape index (κ1) is 20.9. The van der Waals surface area contributed by atoms with Crippen molar-refractivity contribution in [3.8, 4) is 23.0 Å². The van der Waals surface area contributed by atoms with Crippen LogP contribution in [0.4, 0.5) is 0 Å². The maximum absolute atomic E-state index is 6.13. The van der Waals surface area contributed by atoms with Gasteiger partial charge < -0.3 is 9.47 Å². The smallest absolute Gasteiger partial charge is 0.204 e. The molecule has 7 heteroatoms. The van der Waals surface area contributed by atoms with Gasteiger partial charge in [-0.05, 0) is 68.3 Å². The number of pyridine rings is 1. The average molecular weight is 425 g/mol. The summed E-state index contributed by atoms with van der Waals surface area (Å²) in [6.07, 6.45) is 4.63. The molecule has 1 aliphatic rings. The molecule has 1 unspecified atom stereocenters. The van der Waals surface area contributed by atoms with Crippen LogP contribution in [-0.4, -0.2) is 38.7 Å². The van der Waals surface area contributed by atoms with Crippen molar-refractivity contribution in [3.05, 3.63) is 48.4 Å². The Morgan fingerprint density at radius 1 is 1.20 bits per heavy atom. The van der Waals surface area contributed by atoms with Crippen LogP contribution in [0.5, 0.6) is 5.75 Å². The Morgan fingerprint density at radius 2 is 1.97 bits per heavy atom. The number of nitrogens with zero attached hydrogens (tertiary/aromatic N) is 4. The van der Waals surface area contributed by atoms with Gasteiger partial charge in [-0.25, -0.2) is 14.6 Å². The van der Waals surface area contributed by atoms with Gasteiger partial charge in [0.15, 0.2) is 11.5 Å². The van der Waals surface area contributed by atoms with Gasteiger partial charge >= 0.3 is 0 Å². The van der Waals surface area contributed by atoms with E-state index >= 15 is 0 Å². The molecule has 1 aromatic carbocycles. The molecule has 0 spiro atoms. The number of hydrogen-bond acceptors (Lipinski definition) is 6. The second-order valence-corrected chi connectivity index (χ2v) is 9.47.